The van der Waals surface area contributed by atoms with E-state index in [2.05, 4.69) is 26.3 Å². The number of carbonyl (C=O) groups is 7. The van der Waals surface area contributed by atoms with Gasteiger partial charge in [0, 0.05) is 43.9 Å². The molecule has 16 nitrogen and oxygen atoms in total. The first kappa shape index (κ1) is 44.5. The van der Waals surface area contributed by atoms with Gasteiger partial charge in [0.2, 0.25) is 24.1 Å². The predicted octanol–water partition coefficient (Wildman–Crippen LogP) is 2.75. The van der Waals surface area contributed by atoms with Crippen LogP contribution in [-0.4, -0.2) is 113 Å². The van der Waals surface area contributed by atoms with E-state index in [1.807, 2.05) is 39.6 Å². The monoisotopic (exact) mass is 785 g/mol. The minimum atomic E-state index is -1.32. The summed E-state index contributed by atoms with van der Waals surface area (Å²) in [6, 6.07) is 3.52. The van der Waals surface area contributed by atoms with E-state index in [1.165, 1.54) is 12.3 Å². The van der Waals surface area contributed by atoms with Gasteiger partial charge in [-0.1, -0.05) is 52.7 Å². The normalized spacial score (nSPS) is 17.1. The number of rotatable bonds is 20. The van der Waals surface area contributed by atoms with Gasteiger partial charge in [-0.15, -0.1) is 11.3 Å². The number of carbonyl (C=O) groups excluding carboxylic acids is 6. The van der Waals surface area contributed by atoms with Crippen molar-refractivity contribution in [1.29, 1.82) is 0 Å². The SMILES string of the molecule is CC[C@H](C)[C@H](NC(=O)[C@H]1CCCCN1C)C(=O)N(C)[C@H](C[C@@H](OC(C)=O)c1nc(C(=O)N[C@@H](Cc2ccc(NC(=O)CNC=O)cc2)C(=O)O)cs1)C(C)C. The highest BCUT2D eigenvalue weighted by molar-refractivity contribution is 7.09. The summed E-state index contributed by atoms with van der Waals surface area (Å²) in [4.78, 5) is 95.6. The number of nitrogens with one attached hydrogen (secondary N) is 4. The number of aliphatic carboxylic acids is 1. The van der Waals surface area contributed by atoms with E-state index in [9.17, 15) is 38.7 Å². The second-order valence-electron chi connectivity index (χ2n) is 14.3. The molecule has 5 N–H and O–H groups in total. The van der Waals surface area contributed by atoms with E-state index >= 15 is 0 Å². The van der Waals surface area contributed by atoms with Crippen LogP contribution in [0.3, 0.4) is 0 Å². The van der Waals surface area contributed by atoms with Gasteiger partial charge in [0.1, 0.15) is 22.8 Å². The van der Waals surface area contributed by atoms with Crippen molar-refractivity contribution in [3.05, 3.63) is 45.9 Å². The van der Waals surface area contributed by atoms with Crippen molar-refractivity contribution in [3.63, 3.8) is 0 Å². The van der Waals surface area contributed by atoms with Crippen LogP contribution in [0.1, 0.15) is 93.9 Å². The number of carboxylic acids is 1. The van der Waals surface area contributed by atoms with Crippen molar-refractivity contribution in [2.75, 3.05) is 32.5 Å². The fraction of sp³-hybridized carbons (Fsp3) is 0.579. The lowest BCUT2D eigenvalue weighted by molar-refractivity contribution is -0.149. The Morgan fingerprint density at radius 2 is 1.78 bits per heavy atom. The van der Waals surface area contributed by atoms with Crippen LogP contribution in [0.2, 0.25) is 0 Å². The number of benzene rings is 1. The average molecular weight is 786 g/mol. The molecular weight excluding hydrogens is 731 g/mol. The van der Waals surface area contributed by atoms with Crippen molar-refractivity contribution in [2.24, 2.45) is 11.8 Å². The third-order valence-corrected chi connectivity index (χ3v) is 10.8. The summed E-state index contributed by atoms with van der Waals surface area (Å²) in [5, 5.41) is 22.1. The van der Waals surface area contributed by atoms with Crippen molar-refractivity contribution < 1.29 is 43.4 Å². The van der Waals surface area contributed by atoms with E-state index in [-0.39, 0.29) is 54.8 Å². The van der Waals surface area contributed by atoms with Gasteiger partial charge in [-0.2, -0.15) is 0 Å². The van der Waals surface area contributed by atoms with Crippen LogP contribution in [0.25, 0.3) is 0 Å². The molecule has 1 aromatic carbocycles. The van der Waals surface area contributed by atoms with Crippen LogP contribution in [-0.2, 0) is 39.9 Å². The zero-order valence-corrected chi connectivity index (χ0v) is 33.4. The first-order valence-electron chi connectivity index (χ1n) is 18.6. The summed E-state index contributed by atoms with van der Waals surface area (Å²) in [7, 11) is 3.60. The zero-order chi connectivity index (χ0) is 40.8. The number of ether oxygens (including phenoxy) is 1. The zero-order valence-electron chi connectivity index (χ0n) is 32.6. The molecule has 5 amide bonds. The number of likely N-dealkylation sites (N-methyl/N-ethyl adjacent to an activating group) is 2. The van der Waals surface area contributed by atoms with E-state index in [1.54, 1.807) is 36.2 Å². The molecule has 1 fully saturated rings. The molecule has 55 heavy (non-hydrogen) atoms. The van der Waals surface area contributed by atoms with E-state index < -0.39 is 48.0 Å². The number of carboxylic acid groups (broad SMARTS) is 1. The summed E-state index contributed by atoms with van der Waals surface area (Å²) < 4.78 is 5.70. The van der Waals surface area contributed by atoms with Gasteiger partial charge in [0.25, 0.3) is 5.91 Å². The standard InChI is InChI=1S/C38H55N7O9S/c1-8-23(4)33(43-35(50)29-11-9-10-16-44(29)6)37(51)45(7)30(22(2)3)18-31(54-24(5)47)36-42-28(20-55-36)34(49)41-27(38(52)53)17-25-12-14-26(15-13-25)40-32(48)19-39-21-46/h12-15,20-23,27,29-31,33H,8-11,16-19H2,1-7H3,(H,39,46)(H,40,48)(H,41,49)(H,43,50)(H,52,53)/t23-,27-,29+,30+,31+,33-/m0/s1. The number of hydrogen-bond donors (Lipinski definition) is 5. The first-order chi connectivity index (χ1) is 26.1. The molecule has 1 saturated heterocycles. The Morgan fingerprint density at radius 1 is 1.09 bits per heavy atom. The van der Waals surface area contributed by atoms with Gasteiger partial charge in [-0.25, -0.2) is 9.78 Å². The molecule has 302 valence electrons. The number of piperidine rings is 1. The second kappa shape index (κ2) is 21.3. The van der Waals surface area contributed by atoms with Gasteiger partial charge < -0.3 is 36.0 Å². The summed E-state index contributed by atoms with van der Waals surface area (Å²) in [5.74, 6) is -3.72. The minimum Gasteiger partial charge on any atom is -0.480 e. The molecule has 0 radical (unpaired) electrons. The number of thiazole rings is 1. The molecule has 0 saturated carbocycles. The number of likely N-dealkylation sites (tertiary alicyclic amines) is 1. The quantitative estimate of drug-likeness (QED) is 0.0972. The Kier molecular flexibility index (Phi) is 17.2. The highest BCUT2D eigenvalue weighted by Crippen LogP contribution is 2.31. The number of amides is 5. The minimum absolute atomic E-state index is 0.0665. The highest BCUT2D eigenvalue weighted by Gasteiger charge is 2.37. The lowest BCUT2D eigenvalue weighted by Crippen LogP contribution is -2.58. The fourth-order valence-electron chi connectivity index (χ4n) is 6.49. The Bertz CT molecular complexity index is 1650. The molecule has 17 heteroatoms. The fourth-order valence-corrected chi connectivity index (χ4v) is 7.33. The number of aromatic nitrogens is 1. The molecule has 2 aromatic rings. The maximum Gasteiger partial charge on any atom is 0.326 e. The van der Waals surface area contributed by atoms with Crippen LogP contribution >= 0.6 is 11.3 Å². The maximum absolute atomic E-state index is 14.2. The maximum atomic E-state index is 14.2. The third-order valence-electron chi connectivity index (χ3n) is 9.89. The van der Waals surface area contributed by atoms with Crippen LogP contribution in [0.4, 0.5) is 5.69 Å². The van der Waals surface area contributed by atoms with Crippen LogP contribution < -0.4 is 21.3 Å². The highest BCUT2D eigenvalue weighted by atomic mass is 32.1. The molecule has 0 spiro atoms. The molecule has 1 aliphatic heterocycles. The van der Waals surface area contributed by atoms with Crippen molar-refractivity contribution in [2.45, 2.75) is 103 Å². The molecule has 1 aromatic heterocycles. The van der Waals surface area contributed by atoms with E-state index in [0.717, 1.165) is 37.1 Å². The van der Waals surface area contributed by atoms with Gasteiger partial charge in [-0.3, -0.25) is 33.7 Å². The van der Waals surface area contributed by atoms with Gasteiger partial charge in [0.15, 0.2) is 6.10 Å². The third kappa shape index (κ3) is 13.1. The summed E-state index contributed by atoms with van der Waals surface area (Å²) in [6.07, 6.45) is 2.92. The molecule has 0 unspecified atom stereocenters. The number of anilines is 1. The van der Waals surface area contributed by atoms with Gasteiger partial charge >= 0.3 is 11.9 Å². The summed E-state index contributed by atoms with van der Waals surface area (Å²) in [5.41, 5.74) is 0.943. The topological polar surface area (TPSA) is 216 Å². The van der Waals surface area contributed by atoms with Crippen LogP contribution in [0, 0.1) is 11.8 Å². The summed E-state index contributed by atoms with van der Waals surface area (Å²) in [6.45, 7) is 9.65. The Morgan fingerprint density at radius 3 is 2.36 bits per heavy atom. The largest absolute Gasteiger partial charge is 0.480 e. The number of hydrogen-bond acceptors (Lipinski definition) is 11. The number of nitrogens with zero attached hydrogens (tertiary/aromatic N) is 3. The van der Waals surface area contributed by atoms with Gasteiger partial charge in [-0.05, 0) is 56.0 Å². The molecule has 3 rings (SSSR count). The number of esters is 1. The Labute approximate surface area is 326 Å². The average Bonchev–Trinajstić information content (AvgIpc) is 3.64. The van der Waals surface area contributed by atoms with Crippen molar-refractivity contribution in [1.82, 2.24) is 30.7 Å². The molecule has 0 aliphatic carbocycles. The molecule has 1 aliphatic rings. The van der Waals surface area contributed by atoms with Crippen LogP contribution in [0.15, 0.2) is 29.6 Å². The Balaban J connectivity index is 1.75. The Hall–Kier alpha value is -4.90. The molecule has 6 atom stereocenters. The van der Waals surface area contributed by atoms with E-state index in [0.29, 0.717) is 29.1 Å². The second-order valence-corrected chi connectivity index (χ2v) is 15.2. The molecule has 0 bridgehead atoms. The van der Waals surface area contributed by atoms with Crippen molar-refractivity contribution in [3.8, 4) is 0 Å². The lowest BCUT2D eigenvalue weighted by atomic mass is 9.92. The molecule has 2 heterocycles. The van der Waals surface area contributed by atoms with Crippen molar-refractivity contribution >= 4 is 59.0 Å². The van der Waals surface area contributed by atoms with Gasteiger partial charge in [0.05, 0.1) is 12.6 Å². The summed E-state index contributed by atoms with van der Waals surface area (Å²) >= 11 is 1.07. The predicted molar refractivity (Wildman–Crippen MR) is 206 cm³/mol. The molecular formula is C38H55N7O9S. The smallest absolute Gasteiger partial charge is 0.326 e. The first-order valence-corrected chi connectivity index (χ1v) is 19.4. The van der Waals surface area contributed by atoms with E-state index in [4.69, 9.17) is 4.74 Å². The van der Waals surface area contributed by atoms with Crippen LogP contribution in [0.5, 0.6) is 0 Å². The lowest BCUT2D eigenvalue weighted by Gasteiger charge is -2.38.